The average molecular weight is 564 g/mol. The van der Waals surface area contributed by atoms with Crippen LogP contribution in [0.2, 0.25) is 5.02 Å². The Balaban J connectivity index is 0.00000341. The normalized spacial score (nSPS) is 19.7. The number of rotatable bonds is 7. The van der Waals surface area contributed by atoms with E-state index in [2.05, 4.69) is 51.4 Å². The van der Waals surface area contributed by atoms with E-state index in [-0.39, 0.29) is 29.5 Å². The molecule has 176 valence electrons. The van der Waals surface area contributed by atoms with Gasteiger partial charge >= 0.3 is 0 Å². The van der Waals surface area contributed by atoms with E-state index in [1.165, 1.54) is 18.4 Å². The highest BCUT2D eigenvalue weighted by atomic mass is 127. The van der Waals surface area contributed by atoms with Crippen LogP contribution in [-0.4, -0.2) is 80.8 Å². The number of aliphatic imine (C=N–C) groups is 1. The Morgan fingerprint density at radius 3 is 2.45 bits per heavy atom. The third-order valence-electron chi connectivity index (χ3n) is 6.40. The van der Waals surface area contributed by atoms with Crippen molar-refractivity contribution in [3.05, 3.63) is 34.9 Å². The van der Waals surface area contributed by atoms with Crippen LogP contribution in [0.1, 0.15) is 32.3 Å². The summed E-state index contributed by atoms with van der Waals surface area (Å²) in [4.78, 5) is 9.43. The number of nitrogens with zero attached hydrogens (tertiary/aromatic N) is 3. The summed E-state index contributed by atoms with van der Waals surface area (Å²) in [5, 5.41) is 7.94. The molecule has 0 atom stereocenters. The van der Waals surface area contributed by atoms with Crippen LogP contribution in [0.3, 0.4) is 0 Å². The molecular weight excluding hydrogens is 525 g/mol. The van der Waals surface area contributed by atoms with Gasteiger partial charge in [0.25, 0.3) is 0 Å². The van der Waals surface area contributed by atoms with Crippen molar-refractivity contribution in [1.29, 1.82) is 0 Å². The number of ether oxygens (including phenoxy) is 1. The summed E-state index contributed by atoms with van der Waals surface area (Å²) in [7, 11) is 1.85. The van der Waals surface area contributed by atoms with Crippen molar-refractivity contribution >= 4 is 41.5 Å². The van der Waals surface area contributed by atoms with Crippen LogP contribution in [0.25, 0.3) is 0 Å². The number of guanidine groups is 1. The molecule has 0 unspecified atom stereocenters. The van der Waals surface area contributed by atoms with Crippen LogP contribution in [-0.2, 0) is 11.3 Å². The molecule has 6 nitrogen and oxygen atoms in total. The number of hydrogen-bond acceptors (Lipinski definition) is 4. The largest absolute Gasteiger partial charge is 0.379 e. The Morgan fingerprint density at radius 2 is 1.81 bits per heavy atom. The zero-order valence-corrected chi connectivity index (χ0v) is 22.3. The number of halogens is 2. The summed E-state index contributed by atoms with van der Waals surface area (Å²) >= 11 is 6.32. The van der Waals surface area contributed by atoms with Crippen LogP contribution >= 0.6 is 35.6 Å². The Kier molecular flexibility index (Phi) is 11.3. The topological polar surface area (TPSA) is 52.1 Å². The lowest BCUT2D eigenvalue weighted by molar-refractivity contribution is -0.00834. The number of morpholine rings is 1. The van der Waals surface area contributed by atoms with Crippen molar-refractivity contribution in [2.45, 2.75) is 38.8 Å². The van der Waals surface area contributed by atoms with E-state index in [1.807, 2.05) is 19.2 Å². The summed E-state index contributed by atoms with van der Waals surface area (Å²) in [6.07, 6.45) is 2.40. The molecule has 2 aliphatic heterocycles. The highest BCUT2D eigenvalue weighted by Gasteiger charge is 2.28. The van der Waals surface area contributed by atoms with Gasteiger partial charge in [0, 0.05) is 50.3 Å². The van der Waals surface area contributed by atoms with Crippen molar-refractivity contribution in [2.24, 2.45) is 10.9 Å². The Morgan fingerprint density at radius 1 is 1.13 bits per heavy atom. The highest BCUT2D eigenvalue weighted by Crippen LogP contribution is 2.22. The number of nitrogens with one attached hydrogen (secondary N) is 2. The molecule has 2 aliphatic rings. The van der Waals surface area contributed by atoms with Gasteiger partial charge in [-0.25, -0.2) is 0 Å². The monoisotopic (exact) mass is 563 g/mol. The minimum atomic E-state index is 0. The van der Waals surface area contributed by atoms with E-state index < -0.39 is 0 Å². The summed E-state index contributed by atoms with van der Waals surface area (Å²) < 4.78 is 5.49. The van der Waals surface area contributed by atoms with Gasteiger partial charge in [0.05, 0.1) is 13.2 Å². The fourth-order valence-electron chi connectivity index (χ4n) is 4.26. The second-order valence-electron chi connectivity index (χ2n) is 9.03. The molecule has 31 heavy (non-hydrogen) atoms. The lowest BCUT2D eigenvalue weighted by Gasteiger charge is -2.41. The predicted octanol–water partition coefficient (Wildman–Crippen LogP) is 3.45. The molecule has 0 radical (unpaired) electrons. The van der Waals surface area contributed by atoms with E-state index in [0.29, 0.717) is 5.92 Å². The minimum absolute atomic E-state index is 0. The molecule has 3 rings (SSSR count). The molecule has 2 N–H and O–H groups in total. The van der Waals surface area contributed by atoms with E-state index in [0.717, 1.165) is 70.0 Å². The van der Waals surface area contributed by atoms with Crippen molar-refractivity contribution in [3.63, 3.8) is 0 Å². The highest BCUT2D eigenvalue weighted by molar-refractivity contribution is 14.0. The van der Waals surface area contributed by atoms with Gasteiger partial charge < -0.3 is 15.4 Å². The second kappa shape index (κ2) is 13.2. The van der Waals surface area contributed by atoms with Crippen LogP contribution in [0.4, 0.5) is 0 Å². The number of benzene rings is 1. The summed E-state index contributed by atoms with van der Waals surface area (Å²) in [6, 6.07) is 8.17. The summed E-state index contributed by atoms with van der Waals surface area (Å²) in [5.74, 6) is 1.58. The van der Waals surface area contributed by atoms with Crippen LogP contribution in [0.5, 0.6) is 0 Å². The maximum Gasteiger partial charge on any atom is 0.191 e. The molecule has 0 saturated carbocycles. The molecule has 8 heteroatoms. The van der Waals surface area contributed by atoms with Gasteiger partial charge in [-0.05, 0) is 57.3 Å². The molecule has 0 aromatic heterocycles. The fourth-order valence-corrected chi connectivity index (χ4v) is 4.45. The van der Waals surface area contributed by atoms with Gasteiger partial charge in [-0.15, -0.1) is 24.0 Å². The third kappa shape index (κ3) is 8.35. The number of hydrogen-bond donors (Lipinski definition) is 2. The zero-order valence-electron chi connectivity index (χ0n) is 19.2. The van der Waals surface area contributed by atoms with Gasteiger partial charge in [0.15, 0.2) is 5.96 Å². The number of likely N-dealkylation sites (tertiary alicyclic amines) is 1. The van der Waals surface area contributed by atoms with E-state index >= 15 is 0 Å². The summed E-state index contributed by atoms with van der Waals surface area (Å²) in [6.45, 7) is 13.2. The van der Waals surface area contributed by atoms with Gasteiger partial charge in [-0.1, -0.05) is 29.8 Å². The average Bonchev–Trinajstić information content (AvgIpc) is 2.77. The first kappa shape index (κ1) is 26.6. The molecule has 2 saturated heterocycles. The molecule has 0 amide bonds. The molecule has 1 aromatic carbocycles. The lowest BCUT2D eigenvalue weighted by atomic mass is 9.96. The molecule has 1 aromatic rings. The molecule has 0 aliphatic carbocycles. The SMILES string of the molecule is CN=C(NCC1CCN(Cc2ccccc2Cl)CC1)NCC(C)(C)N1CCOCC1.I. The van der Waals surface area contributed by atoms with Crippen LogP contribution in [0.15, 0.2) is 29.3 Å². The van der Waals surface area contributed by atoms with Crippen molar-refractivity contribution in [2.75, 3.05) is 59.5 Å². The third-order valence-corrected chi connectivity index (χ3v) is 6.77. The van der Waals surface area contributed by atoms with Crippen molar-refractivity contribution in [1.82, 2.24) is 20.4 Å². The maximum atomic E-state index is 6.32. The first-order valence-electron chi connectivity index (χ1n) is 11.2. The molecule has 0 bridgehead atoms. The molecule has 2 heterocycles. The van der Waals surface area contributed by atoms with Gasteiger partial charge in [0.2, 0.25) is 0 Å². The van der Waals surface area contributed by atoms with E-state index in [9.17, 15) is 0 Å². The van der Waals surface area contributed by atoms with Crippen molar-refractivity contribution < 1.29 is 4.74 Å². The Bertz CT molecular complexity index is 688. The van der Waals surface area contributed by atoms with Gasteiger partial charge in [-0.3, -0.25) is 14.8 Å². The lowest BCUT2D eigenvalue weighted by Crippen LogP contribution is -2.56. The second-order valence-corrected chi connectivity index (χ2v) is 9.44. The predicted molar refractivity (Wildman–Crippen MR) is 141 cm³/mol. The van der Waals surface area contributed by atoms with Gasteiger partial charge in [-0.2, -0.15) is 0 Å². The first-order chi connectivity index (χ1) is 14.5. The smallest absolute Gasteiger partial charge is 0.191 e. The molecule has 2 fully saturated rings. The first-order valence-corrected chi connectivity index (χ1v) is 11.6. The molecule has 0 spiro atoms. The number of piperidine rings is 1. The zero-order chi connectivity index (χ0) is 21.4. The molecular formula is C23H39ClIN5O. The summed E-state index contributed by atoms with van der Waals surface area (Å²) in [5.41, 5.74) is 1.30. The van der Waals surface area contributed by atoms with Crippen LogP contribution < -0.4 is 10.6 Å². The van der Waals surface area contributed by atoms with E-state index in [4.69, 9.17) is 16.3 Å². The Labute approximate surface area is 210 Å². The Hall–Kier alpha value is -0.610. The minimum Gasteiger partial charge on any atom is -0.379 e. The quantitative estimate of drug-likeness (QED) is 0.302. The standard InChI is InChI=1S/C23H38ClN5O.HI/c1-23(2,29-12-14-30-15-13-29)18-27-22(25-3)26-16-19-8-10-28(11-9-19)17-20-6-4-5-7-21(20)24;/h4-7,19H,8-18H2,1-3H3,(H2,25,26,27);1H. The van der Waals surface area contributed by atoms with Crippen molar-refractivity contribution in [3.8, 4) is 0 Å². The van der Waals surface area contributed by atoms with E-state index in [1.54, 1.807) is 0 Å². The van der Waals surface area contributed by atoms with Gasteiger partial charge in [0.1, 0.15) is 0 Å². The fraction of sp³-hybridized carbons (Fsp3) is 0.696. The maximum absolute atomic E-state index is 6.32. The van der Waals surface area contributed by atoms with Crippen LogP contribution in [0, 0.1) is 5.92 Å².